The van der Waals surface area contributed by atoms with E-state index in [2.05, 4.69) is 11.9 Å². The Morgan fingerprint density at radius 3 is 2.81 bits per heavy atom. The zero-order valence-corrected chi connectivity index (χ0v) is 12.9. The van der Waals surface area contributed by atoms with Crippen LogP contribution >= 0.6 is 0 Å². The quantitative estimate of drug-likeness (QED) is 0.862. The van der Waals surface area contributed by atoms with Crippen molar-refractivity contribution < 1.29 is 9.90 Å². The van der Waals surface area contributed by atoms with Gasteiger partial charge in [0.2, 0.25) is 0 Å². The molecule has 4 nitrogen and oxygen atoms in total. The van der Waals surface area contributed by atoms with Crippen molar-refractivity contribution in [1.82, 2.24) is 9.80 Å². The summed E-state index contributed by atoms with van der Waals surface area (Å²) in [5.41, 5.74) is 1.57. The predicted molar refractivity (Wildman–Crippen MR) is 82.5 cm³/mol. The van der Waals surface area contributed by atoms with E-state index in [1.807, 2.05) is 11.8 Å². The van der Waals surface area contributed by atoms with Gasteiger partial charge in [-0.05, 0) is 56.5 Å². The number of phenols is 1. The van der Waals surface area contributed by atoms with Crippen molar-refractivity contribution in [3.05, 3.63) is 29.3 Å². The highest BCUT2D eigenvalue weighted by Gasteiger charge is 2.33. The summed E-state index contributed by atoms with van der Waals surface area (Å²) in [6.07, 6.45) is 3.68. The van der Waals surface area contributed by atoms with E-state index in [4.69, 9.17) is 0 Å². The minimum Gasteiger partial charge on any atom is -0.508 e. The number of fused-ring (bicyclic) bond motifs is 3. The summed E-state index contributed by atoms with van der Waals surface area (Å²) in [7, 11) is 2.18. The van der Waals surface area contributed by atoms with E-state index in [1.54, 1.807) is 18.2 Å². The van der Waals surface area contributed by atoms with Gasteiger partial charge in [0.25, 0.3) is 5.91 Å². The second-order valence-electron chi connectivity index (χ2n) is 6.60. The Morgan fingerprint density at radius 2 is 2.05 bits per heavy atom. The summed E-state index contributed by atoms with van der Waals surface area (Å²) in [5, 5.41) is 9.51. The molecule has 1 N–H and O–H groups in total. The Kier molecular flexibility index (Phi) is 3.89. The van der Waals surface area contributed by atoms with E-state index < -0.39 is 0 Å². The van der Waals surface area contributed by atoms with Gasteiger partial charge in [-0.25, -0.2) is 0 Å². The molecular weight excluding hydrogens is 264 g/mol. The smallest absolute Gasteiger partial charge is 0.254 e. The zero-order valence-electron chi connectivity index (χ0n) is 12.9. The Hall–Kier alpha value is -1.55. The van der Waals surface area contributed by atoms with Crippen LogP contribution in [0.3, 0.4) is 0 Å². The van der Waals surface area contributed by atoms with E-state index in [-0.39, 0.29) is 11.7 Å². The molecule has 2 bridgehead atoms. The molecule has 2 fully saturated rings. The Labute approximate surface area is 126 Å². The number of aromatic hydroxyl groups is 1. The first-order valence-corrected chi connectivity index (χ1v) is 7.83. The monoisotopic (exact) mass is 288 g/mol. The van der Waals surface area contributed by atoms with E-state index in [0.29, 0.717) is 12.0 Å². The minimum atomic E-state index is 0.111. The van der Waals surface area contributed by atoms with Gasteiger partial charge >= 0.3 is 0 Å². The van der Waals surface area contributed by atoms with Crippen LogP contribution < -0.4 is 0 Å². The van der Waals surface area contributed by atoms with Crippen molar-refractivity contribution in [3.63, 3.8) is 0 Å². The molecule has 1 aromatic rings. The molecule has 0 spiro atoms. The Balaban J connectivity index is 1.84. The summed E-state index contributed by atoms with van der Waals surface area (Å²) in [4.78, 5) is 17.3. The molecular formula is C17H24N2O2. The molecule has 1 aromatic carbocycles. The summed E-state index contributed by atoms with van der Waals surface area (Å²) in [5.74, 6) is 0.917. The SMILES string of the molecule is Cc1cc(O)ccc1C(=O)N1C[C@H]2CCC[C@@H](C1)N(C)C2. The first-order valence-electron chi connectivity index (χ1n) is 7.83. The van der Waals surface area contributed by atoms with Crippen molar-refractivity contribution in [3.8, 4) is 5.75 Å². The van der Waals surface area contributed by atoms with Crippen LogP contribution in [0.1, 0.15) is 35.2 Å². The van der Waals surface area contributed by atoms with E-state index in [9.17, 15) is 9.90 Å². The van der Waals surface area contributed by atoms with E-state index in [0.717, 1.165) is 30.8 Å². The molecule has 3 rings (SSSR count). The number of hydrogen-bond acceptors (Lipinski definition) is 3. The molecule has 4 heteroatoms. The lowest BCUT2D eigenvalue weighted by Crippen LogP contribution is -2.42. The van der Waals surface area contributed by atoms with E-state index in [1.165, 1.54) is 19.3 Å². The highest BCUT2D eigenvalue weighted by Crippen LogP contribution is 2.27. The van der Waals surface area contributed by atoms with Crippen LogP contribution in [0.2, 0.25) is 0 Å². The standard InChI is InChI=1S/C17H24N2O2/c1-12-8-15(20)6-7-16(12)17(21)19-10-13-4-3-5-14(11-19)18(2)9-13/h6-8,13-14,20H,3-5,9-11H2,1-2H3/t13-,14-/m0/s1. The van der Waals surface area contributed by atoms with Crippen molar-refractivity contribution in [1.29, 1.82) is 0 Å². The van der Waals surface area contributed by atoms with Crippen LogP contribution in [-0.2, 0) is 0 Å². The third-order valence-electron chi connectivity index (χ3n) is 4.96. The van der Waals surface area contributed by atoms with Crippen LogP contribution in [0.25, 0.3) is 0 Å². The highest BCUT2D eigenvalue weighted by molar-refractivity contribution is 5.95. The van der Waals surface area contributed by atoms with E-state index >= 15 is 0 Å². The maximum absolute atomic E-state index is 12.8. The van der Waals surface area contributed by atoms with Gasteiger partial charge in [0.1, 0.15) is 5.75 Å². The number of carbonyl (C=O) groups excluding carboxylic acids is 1. The number of likely N-dealkylation sites (tertiary alicyclic amines) is 1. The zero-order chi connectivity index (χ0) is 15.0. The number of rotatable bonds is 1. The predicted octanol–water partition coefficient (Wildman–Crippen LogP) is 2.26. The number of nitrogens with zero attached hydrogens (tertiary/aromatic N) is 2. The summed E-state index contributed by atoms with van der Waals surface area (Å²) < 4.78 is 0. The normalized spacial score (nSPS) is 26.5. The topological polar surface area (TPSA) is 43.8 Å². The maximum Gasteiger partial charge on any atom is 0.254 e. The number of hydrogen-bond donors (Lipinski definition) is 1. The number of phenolic OH excluding ortho intramolecular Hbond substituents is 1. The Bertz CT molecular complexity index is 544. The van der Waals surface area contributed by atoms with Crippen LogP contribution in [0.4, 0.5) is 0 Å². The molecule has 0 aromatic heterocycles. The average Bonchev–Trinajstić information content (AvgIpc) is 2.66. The molecule has 2 aliphatic rings. The molecule has 0 radical (unpaired) electrons. The molecule has 2 atom stereocenters. The fourth-order valence-electron chi connectivity index (χ4n) is 3.75. The van der Waals surface area contributed by atoms with Crippen LogP contribution in [0.15, 0.2) is 18.2 Å². The second kappa shape index (κ2) is 5.68. The summed E-state index contributed by atoms with van der Waals surface area (Å²) in [6.45, 7) is 4.67. The third-order valence-corrected chi connectivity index (χ3v) is 4.96. The van der Waals surface area contributed by atoms with Crippen molar-refractivity contribution >= 4 is 5.91 Å². The maximum atomic E-state index is 12.8. The summed E-state index contributed by atoms with van der Waals surface area (Å²) in [6, 6.07) is 5.50. The third kappa shape index (κ3) is 2.91. The fraction of sp³-hybridized carbons (Fsp3) is 0.588. The molecule has 1 amide bonds. The molecule has 21 heavy (non-hydrogen) atoms. The lowest BCUT2D eigenvalue weighted by molar-refractivity contribution is 0.0709. The lowest BCUT2D eigenvalue weighted by Gasteiger charge is -2.30. The molecule has 0 saturated carbocycles. The summed E-state index contributed by atoms with van der Waals surface area (Å²) >= 11 is 0. The second-order valence-corrected chi connectivity index (χ2v) is 6.60. The first kappa shape index (κ1) is 14.4. The lowest BCUT2D eigenvalue weighted by atomic mass is 9.98. The van der Waals surface area contributed by atoms with Gasteiger partial charge in [0.05, 0.1) is 0 Å². The number of aryl methyl sites for hydroxylation is 1. The molecule has 2 aliphatic heterocycles. The van der Waals surface area contributed by atoms with Gasteiger partial charge in [-0.3, -0.25) is 4.79 Å². The van der Waals surface area contributed by atoms with Gasteiger partial charge in [-0.1, -0.05) is 6.42 Å². The van der Waals surface area contributed by atoms with Crippen LogP contribution in [-0.4, -0.2) is 53.5 Å². The average molecular weight is 288 g/mol. The molecule has 2 heterocycles. The first-order chi connectivity index (χ1) is 10.0. The number of likely N-dealkylation sites (N-methyl/N-ethyl adjacent to an activating group) is 1. The Morgan fingerprint density at radius 1 is 1.24 bits per heavy atom. The fourth-order valence-corrected chi connectivity index (χ4v) is 3.75. The van der Waals surface area contributed by atoms with Crippen molar-refractivity contribution in [2.24, 2.45) is 5.92 Å². The van der Waals surface area contributed by atoms with Crippen molar-refractivity contribution in [2.75, 3.05) is 26.7 Å². The van der Waals surface area contributed by atoms with Crippen LogP contribution in [0, 0.1) is 12.8 Å². The van der Waals surface area contributed by atoms with Gasteiger partial charge in [-0.2, -0.15) is 0 Å². The van der Waals surface area contributed by atoms with Crippen molar-refractivity contribution in [2.45, 2.75) is 32.2 Å². The number of benzene rings is 1. The molecule has 2 saturated heterocycles. The number of amides is 1. The molecule has 0 aliphatic carbocycles. The number of carbonyl (C=O) groups is 1. The largest absolute Gasteiger partial charge is 0.508 e. The van der Waals surface area contributed by atoms with Gasteiger partial charge in [0, 0.05) is 31.2 Å². The van der Waals surface area contributed by atoms with Gasteiger partial charge < -0.3 is 14.9 Å². The highest BCUT2D eigenvalue weighted by atomic mass is 16.3. The minimum absolute atomic E-state index is 0.111. The van der Waals surface area contributed by atoms with Gasteiger partial charge in [-0.15, -0.1) is 0 Å². The molecule has 0 unspecified atom stereocenters. The van der Waals surface area contributed by atoms with Gasteiger partial charge in [0.15, 0.2) is 0 Å². The molecule has 114 valence electrons. The van der Waals surface area contributed by atoms with Crippen LogP contribution in [0.5, 0.6) is 5.75 Å².